The number of nitrogens with zero attached hydrogens (tertiary/aromatic N) is 1. The first-order valence-corrected chi connectivity index (χ1v) is 7.94. The van der Waals surface area contributed by atoms with E-state index in [2.05, 4.69) is 16.6 Å². The monoisotopic (exact) mass is 281 g/mol. The molecule has 98 valence electrons. The highest BCUT2D eigenvalue weighted by atomic mass is 32.2. The van der Waals surface area contributed by atoms with Gasteiger partial charge in [-0.2, -0.15) is 11.8 Å². The lowest BCUT2D eigenvalue weighted by atomic mass is 9.95. The quantitative estimate of drug-likeness (QED) is 0.831. The molecule has 0 aliphatic heterocycles. The molecule has 3 N–H and O–H groups in total. The van der Waals surface area contributed by atoms with Gasteiger partial charge in [0.25, 0.3) is 0 Å². The predicted octanol–water partition coefficient (Wildman–Crippen LogP) is 2.80. The molecular weight excluding hydrogens is 262 g/mol. The van der Waals surface area contributed by atoms with Gasteiger partial charge < -0.3 is 11.1 Å². The Labute approximate surface area is 118 Å². The molecule has 0 saturated heterocycles. The first kappa shape index (κ1) is 13.6. The molecule has 1 fully saturated rings. The van der Waals surface area contributed by atoms with E-state index in [-0.39, 0.29) is 0 Å². The molecule has 3 nitrogen and oxygen atoms in total. The summed E-state index contributed by atoms with van der Waals surface area (Å²) in [4.78, 5) is 4.50. The third-order valence-corrected chi connectivity index (χ3v) is 4.74. The number of thiocarbonyl (C=S) groups is 1. The van der Waals surface area contributed by atoms with Crippen LogP contribution in [0.25, 0.3) is 0 Å². The average Bonchev–Trinajstić information content (AvgIpc) is 2.40. The van der Waals surface area contributed by atoms with Gasteiger partial charge in [0.2, 0.25) is 0 Å². The van der Waals surface area contributed by atoms with Gasteiger partial charge in [0.15, 0.2) is 0 Å². The summed E-state index contributed by atoms with van der Waals surface area (Å²) in [5.74, 6) is 0. The maximum absolute atomic E-state index is 5.59. The molecule has 1 aliphatic carbocycles. The van der Waals surface area contributed by atoms with Crippen LogP contribution in [0.3, 0.4) is 0 Å². The molecule has 0 bridgehead atoms. The van der Waals surface area contributed by atoms with Crippen molar-refractivity contribution < 1.29 is 0 Å². The minimum atomic E-state index is 0.352. The molecule has 0 unspecified atom stereocenters. The molecule has 1 aromatic rings. The summed E-state index contributed by atoms with van der Waals surface area (Å²) < 4.78 is 0. The van der Waals surface area contributed by atoms with Crippen LogP contribution in [-0.2, 0) is 0 Å². The van der Waals surface area contributed by atoms with Crippen LogP contribution < -0.4 is 11.1 Å². The second-order valence-corrected chi connectivity index (χ2v) is 6.23. The predicted molar refractivity (Wildman–Crippen MR) is 83.3 cm³/mol. The number of anilines is 1. The van der Waals surface area contributed by atoms with Gasteiger partial charge in [-0.3, -0.25) is 4.98 Å². The van der Waals surface area contributed by atoms with Crippen molar-refractivity contribution in [3.8, 4) is 0 Å². The summed E-state index contributed by atoms with van der Waals surface area (Å²) in [6.07, 6.45) is 9.02. The minimum Gasteiger partial charge on any atom is -0.388 e. The van der Waals surface area contributed by atoms with E-state index >= 15 is 0 Å². The molecule has 0 aromatic carbocycles. The zero-order valence-corrected chi connectivity index (χ0v) is 12.2. The highest BCUT2D eigenvalue weighted by Crippen LogP contribution is 2.28. The molecule has 2 rings (SSSR count). The summed E-state index contributed by atoms with van der Waals surface area (Å²) in [5, 5.41) is 4.40. The Kier molecular flexibility index (Phi) is 4.83. The van der Waals surface area contributed by atoms with Crippen molar-refractivity contribution in [1.82, 2.24) is 4.98 Å². The molecular formula is C13H19N3S2. The lowest BCUT2D eigenvalue weighted by Gasteiger charge is -2.28. The number of hydrogen-bond acceptors (Lipinski definition) is 4. The van der Waals surface area contributed by atoms with Gasteiger partial charge >= 0.3 is 0 Å². The maximum atomic E-state index is 5.59. The lowest BCUT2D eigenvalue weighted by molar-refractivity contribution is 0.473. The Morgan fingerprint density at radius 1 is 1.44 bits per heavy atom. The second kappa shape index (κ2) is 6.38. The van der Waals surface area contributed by atoms with Crippen LogP contribution in [-0.4, -0.2) is 27.5 Å². The molecule has 0 radical (unpaired) electrons. The smallest absolute Gasteiger partial charge is 0.122 e. The zero-order chi connectivity index (χ0) is 13.0. The standard InChI is InChI=1S/C13H19N3S2/c1-18-11-4-2-9(3-5-11)16-10-6-7-15-12(8-10)13(14)17/h6-9,11H,2-5H2,1H3,(H2,14,17)(H,15,16). The number of pyridine rings is 1. The SMILES string of the molecule is CSC1CCC(Nc2ccnc(C(N)=S)c2)CC1. The molecule has 5 heteroatoms. The van der Waals surface area contributed by atoms with Crippen LogP contribution >= 0.6 is 24.0 Å². The van der Waals surface area contributed by atoms with E-state index in [0.717, 1.165) is 10.9 Å². The van der Waals surface area contributed by atoms with Crippen molar-refractivity contribution in [3.05, 3.63) is 24.0 Å². The first-order chi connectivity index (χ1) is 8.69. The third kappa shape index (κ3) is 3.59. The van der Waals surface area contributed by atoms with Crippen LogP contribution in [0.2, 0.25) is 0 Å². The lowest BCUT2D eigenvalue weighted by Crippen LogP contribution is -2.27. The Morgan fingerprint density at radius 3 is 2.78 bits per heavy atom. The van der Waals surface area contributed by atoms with E-state index in [1.54, 1.807) is 6.20 Å². The topological polar surface area (TPSA) is 50.9 Å². The fourth-order valence-electron chi connectivity index (χ4n) is 2.33. The molecule has 1 heterocycles. The van der Waals surface area contributed by atoms with Crippen molar-refractivity contribution in [2.75, 3.05) is 11.6 Å². The minimum absolute atomic E-state index is 0.352. The van der Waals surface area contributed by atoms with E-state index in [4.69, 9.17) is 18.0 Å². The largest absolute Gasteiger partial charge is 0.388 e. The van der Waals surface area contributed by atoms with Crippen LogP contribution in [0.4, 0.5) is 5.69 Å². The summed E-state index contributed by atoms with van der Waals surface area (Å²) in [7, 11) is 0. The average molecular weight is 281 g/mol. The van der Waals surface area contributed by atoms with E-state index in [0.29, 0.717) is 16.7 Å². The second-order valence-electron chi connectivity index (χ2n) is 4.65. The molecule has 18 heavy (non-hydrogen) atoms. The van der Waals surface area contributed by atoms with Crippen molar-refractivity contribution in [1.29, 1.82) is 0 Å². The molecule has 0 atom stereocenters. The summed E-state index contributed by atoms with van der Waals surface area (Å²) in [6.45, 7) is 0. The van der Waals surface area contributed by atoms with Crippen LogP contribution in [0.1, 0.15) is 31.4 Å². The molecule has 0 spiro atoms. The van der Waals surface area contributed by atoms with Crippen LogP contribution in [0.15, 0.2) is 18.3 Å². The highest BCUT2D eigenvalue weighted by molar-refractivity contribution is 7.99. The number of nitrogens with two attached hydrogens (primary N) is 1. The number of nitrogens with one attached hydrogen (secondary N) is 1. The molecule has 0 amide bonds. The number of aromatic nitrogens is 1. The van der Waals surface area contributed by atoms with Gasteiger partial charge in [-0.15, -0.1) is 0 Å². The summed E-state index contributed by atoms with van der Waals surface area (Å²) in [5.41, 5.74) is 7.35. The fourth-order valence-corrected chi connectivity index (χ4v) is 3.19. The van der Waals surface area contributed by atoms with Gasteiger partial charge in [0, 0.05) is 23.2 Å². The number of hydrogen-bond donors (Lipinski definition) is 2. The fraction of sp³-hybridized carbons (Fsp3) is 0.538. The number of thioether (sulfide) groups is 1. The van der Waals surface area contributed by atoms with Crippen LogP contribution in [0, 0.1) is 0 Å². The van der Waals surface area contributed by atoms with Crippen molar-refractivity contribution in [3.63, 3.8) is 0 Å². The Morgan fingerprint density at radius 2 is 2.17 bits per heavy atom. The molecule has 1 aliphatic rings. The summed E-state index contributed by atoms with van der Waals surface area (Å²) >= 11 is 6.93. The Hall–Kier alpha value is -0.810. The van der Waals surface area contributed by atoms with Gasteiger partial charge in [-0.05, 0) is 44.1 Å². The van der Waals surface area contributed by atoms with Crippen molar-refractivity contribution in [2.24, 2.45) is 5.73 Å². The van der Waals surface area contributed by atoms with E-state index in [1.165, 1.54) is 25.7 Å². The Balaban J connectivity index is 1.94. The van der Waals surface area contributed by atoms with Crippen LogP contribution in [0.5, 0.6) is 0 Å². The van der Waals surface area contributed by atoms with E-state index < -0.39 is 0 Å². The van der Waals surface area contributed by atoms with E-state index in [1.807, 2.05) is 23.9 Å². The van der Waals surface area contributed by atoms with Gasteiger partial charge in [0.05, 0.1) is 5.69 Å². The van der Waals surface area contributed by atoms with Gasteiger partial charge in [-0.25, -0.2) is 0 Å². The van der Waals surface area contributed by atoms with Gasteiger partial charge in [-0.1, -0.05) is 12.2 Å². The van der Waals surface area contributed by atoms with Crippen molar-refractivity contribution in [2.45, 2.75) is 37.0 Å². The molecule has 1 saturated carbocycles. The zero-order valence-electron chi connectivity index (χ0n) is 10.6. The number of rotatable bonds is 4. The normalized spacial score (nSPS) is 23.6. The van der Waals surface area contributed by atoms with Gasteiger partial charge in [0.1, 0.15) is 4.99 Å². The van der Waals surface area contributed by atoms with Crippen molar-refractivity contribution >= 4 is 34.7 Å². The third-order valence-electron chi connectivity index (χ3n) is 3.39. The molecule has 1 aromatic heterocycles. The first-order valence-electron chi connectivity index (χ1n) is 6.24. The highest BCUT2D eigenvalue weighted by Gasteiger charge is 2.20. The maximum Gasteiger partial charge on any atom is 0.122 e. The Bertz CT molecular complexity index is 414. The summed E-state index contributed by atoms with van der Waals surface area (Å²) in [6, 6.07) is 4.47. The van der Waals surface area contributed by atoms with E-state index in [9.17, 15) is 0 Å².